The third kappa shape index (κ3) is 4.78. The summed E-state index contributed by atoms with van der Waals surface area (Å²) in [5.41, 5.74) is -0.200. The highest BCUT2D eigenvalue weighted by Crippen LogP contribution is 2.32. The fourth-order valence-corrected chi connectivity index (χ4v) is 4.68. The summed E-state index contributed by atoms with van der Waals surface area (Å²) in [6, 6.07) is 5.19. The highest BCUT2D eigenvalue weighted by atomic mass is 32.2. The van der Waals surface area contributed by atoms with E-state index >= 15 is 0 Å². The van der Waals surface area contributed by atoms with Gasteiger partial charge in [-0.05, 0) is 31.0 Å². The summed E-state index contributed by atoms with van der Waals surface area (Å²) in [7, 11) is -3.32. The quantitative estimate of drug-likeness (QED) is 0.752. The lowest BCUT2D eigenvalue weighted by atomic mass is 9.97. The Kier molecular flexibility index (Phi) is 5.90. The lowest BCUT2D eigenvalue weighted by Crippen LogP contribution is -2.53. The van der Waals surface area contributed by atoms with E-state index in [9.17, 15) is 26.4 Å². The van der Waals surface area contributed by atoms with Crippen molar-refractivity contribution in [2.24, 2.45) is 5.92 Å². The van der Waals surface area contributed by atoms with Gasteiger partial charge in [-0.1, -0.05) is 6.07 Å². The molecule has 0 unspecified atom stereocenters. The van der Waals surface area contributed by atoms with Crippen LogP contribution >= 0.6 is 0 Å². The molecule has 6 nitrogen and oxygen atoms in total. The predicted molar refractivity (Wildman–Crippen MR) is 99.4 cm³/mol. The van der Waals surface area contributed by atoms with Gasteiger partial charge in [0.1, 0.15) is 0 Å². The number of sulfonamides is 1. The van der Waals surface area contributed by atoms with Gasteiger partial charge in [-0.2, -0.15) is 13.2 Å². The van der Waals surface area contributed by atoms with Crippen LogP contribution in [-0.4, -0.2) is 69.1 Å². The second-order valence-corrected chi connectivity index (χ2v) is 9.30. The van der Waals surface area contributed by atoms with Crippen LogP contribution in [0.3, 0.4) is 0 Å². The molecule has 0 saturated carbocycles. The van der Waals surface area contributed by atoms with E-state index in [2.05, 4.69) is 0 Å². The topological polar surface area (TPSA) is 60.9 Å². The van der Waals surface area contributed by atoms with Crippen molar-refractivity contribution in [2.45, 2.75) is 19.0 Å². The van der Waals surface area contributed by atoms with Crippen molar-refractivity contribution in [3.8, 4) is 0 Å². The van der Waals surface area contributed by atoms with E-state index < -0.39 is 21.8 Å². The number of piperazine rings is 1. The van der Waals surface area contributed by atoms with Crippen LogP contribution in [0.4, 0.5) is 18.9 Å². The first-order chi connectivity index (χ1) is 13.1. The third-order valence-electron chi connectivity index (χ3n) is 5.33. The van der Waals surface area contributed by atoms with Gasteiger partial charge >= 0.3 is 6.18 Å². The molecule has 156 valence electrons. The molecule has 1 amide bonds. The van der Waals surface area contributed by atoms with E-state index in [1.165, 1.54) is 10.4 Å². The van der Waals surface area contributed by atoms with Crippen molar-refractivity contribution in [2.75, 3.05) is 50.4 Å². The molecular formula is C18H24F3N3O3S. The van der Waals surface area contributed by atoms with Crippen LogP contribution in [0.5, 0.6) is 0 Å². The molecule has 1 aromatic rings. The Morgan fingerprint density at radius 2 is 1.79 bits per heavy atom. The normalized spacial score (nSPS) is 22.4. The standard InChI is InChI=1S/C18H24F3N3O3S/c1-28(26,27)24-7-3-4-14(13-24)17(25)23-10-8-22(9-11-23)16-6-2-5-15(12-16)18(19,20)21/h2,5-6,12,14H,3-4,7-11,13H2,1H3/t14-/m0/s1. The molecule has 0 N–H and O–H groups in total. The van der Waals surface area contributed by atoms with Crippen molar-refractivity contribution < 1.29 is 26.4 Å². The molecule has 2 aliphatic heterocycles. The molecule has 0 bridgehead atoms. The fraction of sp³-hybridized carbons (Fsp3) is 0.611. The van der Waals surface area contributed by atoms with Crippen LogP contribution in [0, 0.1) is 5.92 Å². The summed E-state index contributed by atoms with van der Waals surface area (Å²) in [4.78, 5) is 16.3. The number of hydrogen-bond donors (Lipinski definition) is 0. The first kappa shape index (κ1) is 20.9. The third-order valence-corrected chi connectivity index (χ3v) is 6.60. The number of nitrogens with zero attached hydrogens (tertiary/aromatic N) is 3. The summed E-state index contributed by atoms with van der Waals surface area (Å²) in [6.07, 6.45) is -1.94. The number of hydrogen-bond acceptors (Lipinski definition) is 4. The number of carbonyl (C=O) groups is 1. The monoisotopic (exact) mass is 419 g/mol. The molecule has 2 fully saturated rings. The maximum atomic E-state index is 12.9. The van der Waals surface area contributed by atoms with Crippen molar-refractivity contribution in [1.29, 1.82) is 0 Å². The molecule has 0 spiro atoms. The van der Waals surface area contributed by atoms with E-state index in [4.69, 9.17) is 0 Å². The lowest BCUT2D eigenvalue weighted by Gasteiger charge is -2.39. The summed E-state index contributed by atoms with van der Waals surface area (Å²) in [5.74, 6) is -0.430. The average Bonchev–Trinajstić information content (AvgIpc) is 2.66. The SMILES string of the molecule is CS(=O)(=O)N1CCC[C@H](C(=O)N2CCN(c3cccc(C(F)(F)F)c3)CC2)C1. The number of piperidine rings is 1. The van der Waals surface area contributed by atoms with Crippen LogP contribution in [0.2, 0.25) is 0 Å². The molecule has 2 aliphatic rings. The molecular weight excluding hydrogens is 395 g/mol. The average molecular weight is 419 g/mol. The summed E-state index contributed by atoms with van der Waals surface area (Å²) < 4.78 is 63.5. The smallest absolute Gasteiger partial charge is 0.368 e. The molecule has 3 rings (SSSR count). The number of rotatable bonds is 3. The zero-order valence-corrected chi connectivity index (χ0v) is 16.5. The summed E-state index contributed by atoms with van der Waals surface area (Å²) in [6.45, 7) is 2.33. The minimum atomic E-state index is -4.39. The van der Waals surface area contributed by atoms with Gasteiger partial charge in [0.25, 0.3) is 0 Å². The highest BCUT2D eigenvalue weighted by molar-refractivity contribution is 7.88. The van der Waals surface area contributed by atoms with Gasteiger partial charge in [-0.3, -0.25) is 4.79 Å². The molecule has 0 radical (unpaired) electrons. The highest BCUT2D eigenvalue weighted by Gasteiger charge is 2.34. The maximum absolute atomic E-state index is 12.9. The Morgan fingerprint density at radius 3 is 2.39 bits per heavy atom. The second-order valence-electron chi connectivity index (χ2n) is 7.32. The van der Waals surface area contributed by atoms with Crippen molar-refractivity contribution in [3.05, 3.63) is 29.8 Å². The molecule has 2 saturated heterocycles. The number of halogens is 3. The van der Waals surface area contributed by atoms with Crippen LogP contribution in [0.1, 0.15) is 18.4 Å². The lowest BCUT2D eigenvalue weighted by molar-refractivity contribution is -0.137. The van der Waals surface area contributed by atoms with Crippen molar-refractivity contribution in [3.63, 3.8) is 0 Å². The van der Waals surface area contributed by atoms with Crippen LogP contribution in [-0.2, 0) is 21.0 Å². The molecule has 2 heterocycles. The predicted octanol–water partition coefficient (Wildman–Crippen LogP) is 2.03. The van der Waals surface area contributed by atoms with Gasteiger partial charge in [-0.25, -0.2) is 12.7 Å². The Morgan fingerprint density at radius 1 is 1.11 bits per heavy atom. The van der Waals surface area contributed by atoms with Crippen molar-refractivity contribution >= 4 is 21.6 Å². The fourth-order valence-electron chi connectivity index (χ4n) is 3.77. The Labute approximate surface area is 162 Å². The van der Waals surface area contributed by atoms with Gasteiger partial charge in [0.15, 0.2) is 0 Å². The van der Waals surface area contributed by atoms with Gasteiger partial charge in [-0.15, -0.1) is 0 Å². The van der Waals surface area contributed by atoms with Gasteiger partial charge < -0.3 is 9.80 Å². The molecule has 0 aromatic heterocycles. The van der Waals surface area contributed by atoms with Crippen LogP contribution < -0.4 is 4.90 Å². The van der Waals surface area contributed by atoms with E-state index in [1.807, 2.05) is 4.90 Å². The van der Waals surface area contributed by atoms with E-state index in [0.29, 0.717) is 51.3 Å². The molecule has 10 heteroatoms. The Bertz CT molecular complexity index is 821. The summed E-state index contributed by atoms with van der Waals surface area (Å²) >= 11 is 0. The summed E-state index contributed by atoms with van der Waals surface area (Å²) in [5, 5.41) is 0. The molecule has 28 heavy (non-hydrogen) atoms. The Balaban J connectivity index is 1.60. The van der Waals surface area contributed by atoms with Crippen LogP contribution in [0.15, 0.2) is 24.3 Å². The number of carbonyl (C=O) groups excluding carboxylic acids is 1. The molecule has 1 atom stereocenters. The Hall–Kier alpha value is -1.81. The molecule has 1 aromatic carbocycles. The number of amides is 1. The largest absolute Gasteiger partial charge is 0.416 e. The molecule has 0 aliphatic carbocycles. The van der Waals surface area contributed by atoms with E-state index in [1.54, 1.807) is 11.0 Å². The van der Waals surface area contributed by atoms with E-state index in [-0.39, 0.29) is 18.4 Å². The van der Waals surface area contributed by atoms with Gasteiger partial charge in [0.2, 0.25) is 15.9 Å². The van der Waals surface area contributed by atoms with Crippen LogP contribution in [0.25, 0.3) is 0 Å². The van der Waals surface area contributed by atoms with Gasteiger partial charge in [0.05, 0.1) is 17.7 Å². The minimum Gasteiger partial charge on any atom is -0.368 e. The first-order valence-corrected chi connectivity index (χ1v) is 11.1. The zero-order valence-electron chi connectivity index (χ0n) is 15.7. The van der Waals surface area contributed by atoms with Gasteiger partial charge in [0, 0.05) is 45.0 Å². The second kappa shape index (κ2) is 7.90. The minimum absolute atomic E-state index is 0.0722. The van der Waals surface area contributed by atoms with E-state index in [0.717, 1.165) is 18.4 Å². The number of alkyl halides is 3. The number of anilines is 1. The first-order valence-electron chi connectivity index (χ1n) is 9.22. The maximum Gasteiger partial charge on any atom is 0.416 e. The zero-order chi connectivity index (χ0) is 20.5. The van der Waals surface area contributed by atoms with Crippen molar-refractivity contribution in [1.82, 2.24) is 9.21 Å². The number of benzene rings is 1.